The third-order valence-electron chi connectivity index (χ3n) is 5.64. The molecule has 1 aromatic carbocycles. The number of anilines is 1. The molecule has 142 valence electrons. The van der Waals surface area contributed by atoms with Crippen molar-refractivity contribution < 1.29 is 14.3 Å². The summed E-state index contributed by atoms with van der Waals surface area (Å²) in [6.45, 7) is 3.98. The zero-order chi connectivity index (χ0) is 19.5. The first kappa shape index (κ1) is 19.6. The van der Waals surface area contributed by atoms with E-state index in [1.165, 1.54) is 4.90 Å². The highest BCUT2D eigenvalue weighted by molar-refractivity contribution is 6.63. The highest BCUT2D eigenvalue weighted by Crippen LogP contribution is 2.75. The van der Waals surface area contributed by atoms with Crippen molar-refractivity contribution in [2.24, 2.45) is 5.41 Å². The molecule has 1 saturated heterocycles. The van der Waals surface area contributed by atoms with Gasteiger partial charge in [-0.05, 0) is 18.6 Å². The van der Waals surface area contributed by atoms with Crippen LogP contribution in [0.25, 0.3) is 0 Å². The van der Waals surface area contributed by atoms with E-state index in [1.807, 2.05) is 18.2 Å². The van der Waals surface area contributed by atoms with Crippen molar-refractivity contribution in [3.05, 3.63) is 24.3 Å². The monoisotopic (exact) mass is 418 g/mol. The molecule has 1 heterocycles. The minimum atomic E-state index is -1.44. The van der Waals surface area contributed by atoms with E-state index in [-0.39, 0.29) is 5.91 Å². The summed E-state index contributed by atoms with van der Waals surface area (Å²) in [5, 5.41) is 0. The van der Waals surface area contributed by atoms with Crippen LogP contribution in [0.4, 0.5) is 5.69 Å². The Balaban J connectivity index is 1.79. The predicted octanol–water partition coefficient (Wildman–Crippen LogP) is 3.45. The molecule has 2 unspecified atom stereocenters. The van der Waals surface area contributed by atoms with E-state index in [9.17, 15) is 9.59 Å². The summed E-state index contributed by atoms with van der Waals surface area (Å²) in [6.07, 6.45) is 0.503. The van der Waals surface area contributed by atoms with Gasteiger partial charge in [-0.1, -0.05) is 43.1 Å². The number of methoxy groups -OCH3 is 1. The number of alkyl halides is 3. The molecule has 2 atom stereocenters. The normalized spacial score (nSPS) is 28.8. The number of nitrogens with zero attached hydrogens (tertiary/aromatic N) is 2. The highest BCUT2D eigenvalue weighted by Gasteiger charge is 2.86. The molecule has 1 aromatic rings. The van der Waals surface area contributed by atoms with Crippen molar-refractivity contribution in [1.82, 2.24) is 4.90 Å². The van der Waals surface area contributed by atoms with Crippen LogP contribution in [-0.4, -0.2) is 52.7 Å². The Morgan fingerprint density at radius 1 is 1.31 bits per heavy atom. The third-order valence-corrected chi connectivity index (χ3v) is 8.26. The SMILES string of the molecule is COc1cccc(N2CCC(N(C)C(=O)C3(Cl)C(C)(C)C3(Cl)Cl)C2=O)c1. The lowest BCUT2D eigenvalue weighted by Gasteiger charge is -2.27. The number of ether oxygens (including phenoxy) is 1. The number of hydrogen-bond acceptors (Lipinski definition) is 3. The summed E-state index contributed by atoms with van der Waals surface area (Å²) >= 11 is 19.0. The maximum Gasteiger partial charge on any atom is 0.249 e. The fraction of sp³-hybridized carbons (Fsp3) is 0.556. The van der Waals surface area contributed by atoms with Gasteiger partial charge in [0.2, 0.25) is 11.8 Å². The van der Waals surface area contributed by atoms with Gasteiger partial charge in [-0.2, -0.15) is 0 Å². The Bertz CT molecular complexity index is 752. The molecule has 1 aliphatic heterocycles. The second-order valence-electron chi connectivity index (χ2n) is 7.27. The second-order valence-corrected chi connectivity index (χ2v) is 9.16. The summed E-state index contributed by atoms with van der Waals surface area (Å²) < 4.78 is 3.84. The second kappa shape index (κ2) is 6.18. The van der Waals surface area contributed by atoms with Gasteiger partial charge < -0.3 is 14.5 Å². The first-order chi connectivity index (χ1) is 12.0. The van der Waals surface area contributed by atoms with Gasteiger partial charge >= 0.3 is 0 Å². The number of halogens is 3. The number of carbonyl (C=O) groups excluding carboxylic acids is 2. The van der Waals surface area contributed by atoms with Crippen molar-refractivity contribution in [2.45, 2.75) is 35.5 Å². The van der Waals surface area contributed by atoms with Crippen LogP contribution in [0.3, 0.4) is 0 Å². The van der Waals surface area contributed by atoms with Crippen LogP contribution in [0, 0.1) is 5.41 Å². The van der Waals surface area contributed by atoms with Crippen LogP contribution >= 0.6 is 34.8 Å². The number of rotatable bonds is 4. The standard InChI is InChI=1S/C18H21Cl3N2O3/c1-16(2)17(19,18(16,20)21)15(25)22(3)13-8-9-23(14(13)24)11-6-5-7-12(10-11)26-4/h5-7,10,13H,8-9H2,1-4H3. The zero-order valence-corrected chi connectivity index (χ0v) is 17.3. The number of amides is 2. The van der Waals surface area contributed by atoms with Crippen LogP contribution in [0.15, 0.2) is 24.3 Å². The predicted molar refractivity (Wildman–Crippen MR) is 103 cm³/mol. The van der Waals surface area contributed by atoms with Gasteiger partial charge in [0.1, 0.15) is 11.8 Å². The van der Waals surface area contributed by atoms with Crippen LogP contribution in [0.5, 0.6) is 5.75 Å². The van der Waals surface area contributed by atoms with Gasteiger partial charge in [0.05, 0.1) is 7.11 Å². The number of carbonyl (C=O) groups is 2. The Kier molecular flexibility index (Phi) is 4.66. The van der Waals surface area contributed by atoms with Crippen LogP contribution in [-0.2, 0) is 9.59 Å². The molecule has 8 heteroatoms. The molecular weight excluding hydrogens is 399 g/mol. The molecule has 0 spiro atoms. The largest absolute Gasteiger partial charge is 0.497 e. The van der Waals surface area contributed by atoms with Crippen molar-refractivity contribution in [2.75, 3.05) is 25.6 Å². The van der Waals surface area contributed by atoms with E-state index < -0.39 is 26.6 Å². The maximum atomic E-state index is 13.0. The summed E-state index contributed by atoms with van der Waals surface area (Å²) in [5.41, 5.74) is -0.0569. The van der Waals surface area contributed by atoms with Crippen LogP contribution < -0.4 is 9.64 Å². The smallest absolute Gasteiger partial charge is 0.249 e. The van der Waals surface area contributed by atoms with Crippen molar-refractivity contribution in [3.8, 4) is 5.75 Å². The Hall–Kier alpha value is -1.17. The van der Waals surface area contributed by atoms with Gasteiger partial charge in [0.25, 0.3) is 0 Å². The molecule has 3 rings (SSSR count). The molecule has 0 aromatic heterocycles. The minimum Gasteiger partial charge on any atom is -0.497 e. The highest BCUT2D eigenvalue weighted by atomic mass is 35.5. The Labute approximate surface area is 168 Å². The Morgan fingerprint density at radius 2 is 1.92 bits per heavy atom. The van der Waals surface area contributed by atoms with E-state index in [1.54, 1.807) is 39.0 Å². The van der Waals surface area contributed by atoms with E-state index in [4.69, 9.17) is 39.5 Å². The molecular formula is C18H21Cl3N2O3. The molecule has 2 aliphatic rings. The van der Waals surface area contributed by atoms with E-state index in [0.29, 0.717) is 18.7 Å². The fourth-order valence-corrected chi connectivity index (χ4v) is 4.95. The summed E-state index contributed by atoms with van der Waals surface area (Å²) in [4.78, 5) is 27.5. The molecule has 0 radical (unpaired) electrons. The molecule has 1 aliphatic carbocycles. The summed E-state index contributed by atoms with van der Waals surface area (Å²) in [5.74, 6) is 0.0688. The van der Waals surface area contributed by atoms with Gasteiger partial charge in [-0.3, -0.25) is 9.59 Å². The topological polar surface area (TPSA) is 49.9 Å². The van der Waals surface area contributed by atoms with Crippen molar-refractivity contribution >= 4 is 52.3 Å². The fourth-order valence-electron chi connectivity index (χ4n) is 3.56. The molecule has 2 fully saturated rings. The maximum absolute atomic E-state index is 13.0. The lowest BCUT2D eigenvalue weighted by Crippen LogP contribution is -2.48. The van der Waals surface area contributed by atoms with E-state index in [0.717, 1.165) is 5.69 Å². The van der Waals surface area contributed by atoms with Gasteiger partial charge in [-0.15, -0.1) is 11.6 Å². The first-order valence-electron chi connectivity index (χ1n) is 8.30. The number of hydrogen-bond donors (Lipinski definition) is 0. The quantitative estimate of drug-likeness (QED) is 0.702. The Morgan fingerprint density at radius 3 is 2.46 bits per heavy atom. The molecule has 0 N–H and O–H groups in total. The van der Waals surface area contributed by atoms with Gasteiger partial charge in [-0.25, -0.2) is 0 Å². The van der Waals surface area contributed by atoms with Gasteiger partial charge in [0.15, 0.2) is 9.21 Å². The molecule has 1 saturated carbocycles. The van der Waals surface area contributed by atoms with E-state index in [2.05, 4.69) is 0 Å². The first-order valence-corrected chi connectivity index (χ1v) is 9.43. The minimum absolute atomic E-state index is 0.164. The number of benzene rings is 1. The number of likely N-dealkylation sites (N-methyl/N-ethyl adjacent to an activating group) is 1. The van der Waals surface area contributed by atoms with Crippen LogP contribution in [0.1, 0.15) is 20.3 Å². The summed E-state index contributed by atoms with van der Waals surface area (Å²) in [6, 6.07) is 6.64. The summed E-state index contributed by atoms with van der Waals surface area (Å²) in [7, 11) is 3.14. The van der Waals surface area contributed by atoms with E-state index >= 15 is 0 Å². The molecule has 0 bridgehead atoms. The van der Waals surface area contributed by atoms with Gasteiger partial charge in [0, 0.05) is 30.8 Å². The third kappa shape index (κ3) is 2.44. The van der Waals surface area contributed by atoms with Crippen molar-refractivity contribution in [1.29, 1.82) is 0 Å². The zero-order valence-electron chi connectivity index (χ0n) is 15.1. The molecule has 2 amide bonds. The lowest BCUT2D eigenvalue weighted by atomic mass is 10.1. The van der Waals surface area contributed by atoms with Crippen LogP contribution in [0.2, 0.25) is 0 Å². The average molecular weight is 420 g/mol. The molecule has 26 heavy (non-hydrogen) atoms. The lowest BCUT2D eigenvalue weighted by molar-refractivity contribution is -0.137. The molecule has 5 nitrogen and oxygen atoms in total. The van der Waals surface area contributed by atoms with Crippen molar-refractivity contribution in [3.63, 3.8) is 0 Å². The average Bonchev–Trinajstić information content (AvgIpc) is 2.89.